The molecule has 8 aromatic rings. The molecule has 0 N–H and O–H groups in total. The van der Waals surface area contributed by atoms with Crippen molar-refractivity contribution in [3.05, 3.63) is 203 Å². The van der Waals surface area contributed by atoms with Crippen LogP contribution < -0.4 is 0 Å². The number of hydrogen-bond acceptors (Lipinski definition) is 0. The van der Waals surface area contributed by atoms with Crippen LogP contribution in [0, 0.1) is 0 Å². The smallest absolute Gasteiger partial charge is 0.0622 e. The van der Waals surface area contributed by atoms with E-state index in [1.54, 1.807) is 0 Å². The second-order valence-corrected chi connectivity index (χ2v) is 13.5. The molecule has 0 amide bonds. The maximum Gasteiger partial charge on any atom is 0.0729 e. The number of hydrogen-bond donors (Lipinski definition) is 0. The van der Waals surface area contributed by atoms with E-state index in [0.717, 1.165) is 6.42 Å². The van der Waals surface area contributed by atoms with Crippen molar-refractivity contribution in [1.29, 1.82) is 0 Å². The van der Waals surface area contributed by atoms with E-state index in [9.17, 15) is 0 Å². The molecule has 0 saturated heterocycles. The van der Waals surface area contributed by atoms with Gasteiger partial charge in [-0.15, -0.1) is 0 Å². The van der Waals surface area contributed by atoms with Crippen LogP contribution in [-0.4, -0.2) is 0 Å². The Balaban J connectivity index is 1.34. The summed E-state index contributed by atoms with van der Waals surface area (Å²) >= 11 is 0. The monoisotopic (exact) mass is 606 g/mol. The molecule has 48 heavy (non-hydrogen) atoms. The van der Waals surface area contributed by atoms with Crippen LogP contribution in [0.5, 0.6) is 0 Å². The van der Waals surface area contributed by atoms with Crippen molar-refractivity contribution in [3.8, 4) is 55.6 Å². The van der Waals surface area contributed by atoms with Crippen LogP contribution in [0.1, 0.15) is 33.4 Å². The fraction of sp³-hybridized carbons (Fsp3) is 0.0417. The lowest BCUT2D eigenvalue weighted by atomic mass is 9.67. The molecule has 222 valence electrons. The zero-order chi connectivity index (χ0) is 31.4. The Bertz CT molecular complexity index is 2530. The lowest BCUT2D eigenvalue weighted by Gasteiger charge is -2.33. The van der Waals surface area contributed by atoms with Crippen LogP contribution in [0.4, 0.5) is 0 Å². The third-order valence-electron chi connectivity index (χ3n) is 11.3. The first-order chi connectivity index (χ1) is 23.8. The van der Waals surface area contributed by atoms with E-state index in [4.69, 9.17) is 0 Å². The number of rotatable bonds is 2. The van der Waals surface area contributed by atoms with Gasteiger partial charge in [0.05, 0.1) is 5.41 Å². The highest BCUT2D eigenvalue weighted by Crippen LogP contribution is 2.67. The molecule has 3 aliphatic rings. The minimum absolute atomic E-state index is 0.456. The van der Waals surface area contributed by atoms with E-state index in [1.165, 1.54) is 99.8 Å². The Morgan fingerprint density at radius 1 is 0.354 bits per heavy atom. The molecule has 0 bridgehead atoms. The van der Waals surface area contributed by atoms with Crippen LogP contribution in [0.25, 0.3) is 66.4 Å². The standard InChI is InChI=1S/C48H30/c1-3-13-30(14-4-1)32-23-25-36-37-26-24-33(31-15-5-2-6-16-31)29-44(37)48(43(36)28-32)42-22-12-11-21-40(42)46-39-20-10-9-19-38(39)45-35-18-8-7-17-34(35)27-41(45)47(46)48/h1-26,28-29H,27H2. The van der Waals surface area contributed by atoms with Crippen molar-refractivity contribution >= 4 is 10.8 Å². The summed E-state index contributed by atoms with van der Waals surface area (Å²) in [5.74, 6) is 0. The van der Waals surface area contributed by atoms with Gasteiger partial charge in [-0.25, -0.2) is 0 Å². The molecule has 0 atom stereocenters. The molecule has 0 heteroatoms. The first kappa shape index (κ1) is 26.1. The molecule has 0 nitrogen and oxygen atoms in total. The molecule has 0 unspecified atom stereocenters. The van der Waals surface area contributed by atoms with Crippen LogP contribution in [0.3, 0.4) is 0 Å². The van der Waals surface area contributed by atoms with E-state index in [2.05, 4.69) is 170 Å². The molecule has 0 aliphatic heterocycles. The Hall–Kier alpha value is -5.98. The maximum atomic E-state index is 2.52. The summed E-state index contributed by atoms with van der Waals surface area (Å²) in [6.07, 6.45) is 0.940. The lowest BCUT2D eigenvalue weighted by molar-refractivity contribution is 0.785. The summed E-state index contributed by atoms with van der Waals surface area (Å²) in [6, 6.07) is 63.7. The average Bonchev–Trinajstić information content (AvgIpc) is 3.79. The van der Waals surface area contributed by atoms with Crippen molar-refractivity contribution in [2.75, 3.05) is 0 Å². The van der Waals surface area contributed by atoms with Gasteiger partial charge in [0, 0.05) is 0 Å². The highest BCUT2D eigenvalue weighted by atomic mass is 14.5. The highest BCUT2D eigenvalue weighted by Gasteiger charge is 2.54. The first-order valence-electron chi connectivity index (χ1n) is 17.0. The predicted octanol–water partition coefficient (Wildman–Crippen LogP) is 12.1. The van der Waals surface area contributed by atoms with Crippen molar-refractivity contribution < 1.29 is 0 Å². The molecule has 3 aliphatic carbocycles. The van der Waals surface area contributed by atoms with E-state index >= 15 is 0 Å². The Morgan fingerprint density at radius 2 is 0.875 bits per heavy atom. The fourth-order valence-electron chi connectivity index (χ4n) is 9.45. The maximum absolute atomic E-state index is 2.52. The van der Waals surface area contributed by atoms with Gasteiger partial charge in [0.25, 0.3) is 0 Å². The number of fused-ring (bicyclic) bond motifs is 17. The Labute approximate surface area is 280 Å². The van der Waals surface area contributed by atoms with E-state index < -0.39 is 5.41 Å². The van der Waals surface area contributed by atoms with Gasteiger partial charge < -0.3 is 0 Å². The third-order valence-corrected chi connectivity index (χ3v) is 11.3. The largest absolute Gasteiger partial charge is 0.0729 e. The molecule has 0 heterocycles. The van der Waals surface area contributed by atoms with Gasteiger partial charge in [-0.05, 0) is 118 Å². The second kappa shape index (κ2) is 9.53. The normalized spacial score (nSPS) is 13.9. The van der Waals surface area contributed by atoms with Gasteiger partial charge in [-0.3, -0.25) is 0 Å². The molecule has 0 saturated carbocycles. The van der Waals surface area contributed by atoms with Crippen molar-refractivity contribution in [2.24, 2.45) is 0 Å². The highest BCUT2D eigenvalue weighted by molar-refractivity contribution is 6.14. The molecular weight excluding hydrogens is 577 g/mol. The van der Waals surface area contributed by atoms with E-state index in [0.29, 0.717) is 0 Å². The molecule has 0 fully saturated rings. The van der Waals surface area contributed by atoms with Gasteiger partial charge in [0.15, 0.2) is 0 Å². The van der Waals surface area contributed by atoms with Crippen LogP contribution in [0.2, 0.25) is 0 Å². The summed E-state index contributed by atoms with van der Waals surface area (Å²) in [4.78, 5) is 0. The van der Waals surface area contributed by atoms with Gasteiger partial charge in [-0.2, -0.15) is 0 Å². The zero-order valence-corrected chi connectivity index (χ0v) is 26.4. The molecule has 0 aromatic heterocycles. The minimum Gasteiger partial charge on any atom is -0.0622 e. The topological polar surface area (TPSA) is 0 Å². The van der Waals surface area contributed by atoms with Crippen molar-refractivity contribution in [3.63, 3.8) is 0 Å². The van der Waals surface area contributed by atoms with Gasteiger partial charge in [-0.1, -0.05) is 158 Å². The quantitative estimate of drug-likeness (QED) is 0.184. The average molecular weight is 607 g/mol. The van der Waals surface area contributed by atoms with Gasteiger partial charge in [0.2, 0.25) is 0 Å². The summed E-state index contributed by atoms with van der Waals surface area (Å²) in [6.45, 7) is 0. The van der Waals surface area contributed by atoms with Gasteiger partial charge in [0.1, 0.15) is 0 Å². The summed E-state index contributed by atoms with van der Waals surface area (Å²) in [5.41, 5.74) is 21.4. The molecule has 11 rings (SSSR count). The van der Waals surface area contributed by atoms with Crippen molar-refractivity contribution in [1.82, 2.24) is 0 Å². The van der Waals surface area contributed by atoms with Crippen molar-refractivity contribution in [2.45, 2.75) is 11.8 Å². The predicted molar refractivity (Wildman–Crippen MR) is 199 cm³/mol. The molecule has 0 radical (unpaired) electrons. The Morgan fingerprint density at radius 3 is 1.52 bits per heavy atom. The minimum atomic E-state index is -0.456. The molecular formula is C48H30. The summed E-state index contributed by atoms with van der Waals surface area (Å²) < 4.78 is 0. The third kappa shape index (κ3) is 3.25. The SMILES string of the molecule is c1ccc(-c2ccc3c(c2)C2(c4cc(-c5ccccc5)ccc4-3)c3ccccc3-c3c2c2c(c4ccccc34)-c3ccccc3C2)cc1. The van der Waals surface area contributed by atoms with E-state index in [1.807, 2.05) is 0 Å². The van der Waals surface area contributed by atoms with Crippen LogP contribution in [-0.2, 0) is 11.8 Å². The summed E-state index contributed by atoms with van der Waals surface area (Å²) in [7, 11) is 0. The fourth-order valence-corrected chi connectivity index (χ4v) is 9.45. The van der Waals surface area contributed by atoms with Crippen LogP contribution >= 0.6 is 0 Å². The molecule has 1 spiro atoms. The zero-order valence-electron chi connectivity index (χ0n) is 26.4. The second-order valence-electron chi connectivity index (χ2n) is 13.5. The lowest BCUT2D eigenvalue weighted by Crippen LogP contribution is -2.27. The number of benzene rings is 8. The van der Waals surface area contributed by atoms with E-state index in [-0.39, 0.29) is 0 Å². The summed E-state index contributed by atoms with van der Waals surface area (Å²) in [5, 5.41) is 2.71. The Kier molecular flexibility index (Phi) is 5.19. The first-order valence-corrected chi connectivity index (χ1v) is 17.0. The molecule has 8 aromatic carbocycles. The van der Waals surface area contributed by atoms with Gasteiger partial charge >= 0.3 is 0 Å². The van der Waals surface area contributed by atoms with Crippen LogP contribution in [0.15, 0.2) is 170 Å².